The monoisotopic (exact) mass is 428 g/mol. The molecule has 0 bridgehead atoms. The molecule has 1 aromatic heterocycles. The number of anilines is 2. The summed E-state index contributed by atoms with van der Waals surface area (Å²) in [7, 11) is 0. The van der Waals surface area contributed by atoms with Gasteiger partial charge in [-0.3, -0.25) is 4.98 Å². The summed E-state index contributed by atoms with van der Waals surface area (Å²) in [6.07, 6.45) is 0.785. The highest BCUT2D eigenvalue weighted by Gasteiger charge is 2.12. The highest BCUT2D eigenvalue weighted by Crippen LogP contribution is 2.28. The molecule has 7 heteroatoms. The van der Waals surface area contributed by atoms with Crippen LogP contribution in [0.25, 0.3) is 10.9 Å². The first-order valence-corrected chi connectivity index (χ1v) is 9.64. The zero-order valence-electron chi connectivity index (χ0n) is 17.2. The number of carbonyl (C=O) groups is 2. The van der Waals surface area contributed by atoms with Gasteiger partial charge in [-0.15, -0.1) is 12.4 Å². The summed E-state index contributed by atoms with van der Waals surface area (Å²) in [5.41, 5.74) is 4.24. The van der Waals surface area contributed by atoms with Crippen LogP contribution in [0.15, 0.2) is 48.5 Å². The van der Waals surface area contributed by atoms with Gasteiger partial charge in [-0.05, 0) is 68.8 Å². The summed E-state index contributed by atoms with van der Waals surface area (Å²) in [6, 6.07) is 14.3. The number of nitrogens with zero attached hydrogens (tertiary/aromatic N) is 1. The zero-order valence-corrected chi connectivity index (χ0v) is 18.0. The molecule has 2 aromatic carbocycles. The van der Waals surface area contributed by atoms with E-state index in [0.717, 1.165) is 34.4 Å². The Hall–Kier alpha value is -3.12. The molecule has 0 aliphatic carbocycles. The maximum absolute atomic E-state index is 12.1. The Morgan fingerprint density at radius 2 is 1.60 bits per heavy atom. The Bertz CT molecular complexity index is 1040. The van der Waals surface area contributed by atoms with Crippen molar-refractivity contribution in [3.05, 3.63) is 65.4 Å². The number of ether oxygens (including phenoxy) is 2. The third-order valence-corrected chi connectivity index (χ3v) is 4.28. The molecule has 3 aromatic rings. The number of rotatable bonds is 7. The molecule has 0 unspecified atom stereocenters. The van der Waals surface area contributed by atoms with Crippen molar-refractivity contribution in [1.29, 1.82) is 0 Å². The highest BCUT2D eigenvalue weighted by molar-refractivity contribution is 6.00. The van der Waals surface area contributed by atoms with Crippen molar-refractivity contribution in [2.75, 3.05) is 18.5 Å². The molecule has 0 saturated carbocycles. The van der Waals surface area contributed by atoms with Crippen LogP contribution in [-0.2, 0) is 9.47 Å². The maximum Gasteiger partial charge on any atom is 0.338 e. The molecule has 0 spiro atoms. The normalized spacial score (nSPS) is 10.2. The minimum atomic E-state index is -0.365. The number of pyridine rings is 1. The summed E-state index contributed by atoms with van der Waals surface area (Å²) in [5, 5.41) is 4.16. The van der Waals surface area contributed by atoms with Crippen LogP contribution in [0.4, 0.5) is 11.4 Å². The lowest BCUT2D eigenvalue weighted by molar-refractivity contribution is 0.0501. The van der Waals surface area contributed by atoms with E-state index in [0.29, 0.717) is 24.3 Å². The second kappa shape index (κ2) is 10.6. The van der Waals surface area contributed by atoms with Crippen LogP contribution in [0.3, 0.4) is 0 Å². The molecule has 0 aliphatic rings. The number of nitrogens with one attached hydrogen (secondary N) is 1. The molecule has 0 radical (unpaired) electrons. The van der Waals surface area contributed by atoms with Crippen LogP contribution in [0.1, 0.15) is 46.7 Å². The van der Waals surface area contributed by atoms with Crippen LogP contribution in [-0.4, -0.2) is 30.1 Å². The Kier molecular flexibility index (Phi) is 8.18. The van der Waals surface area contributed by atoms with Crippen molar-refractivity contribution in [1.82, 2.24) is 4.98 Å². The van der Waals surface area contributed by atoms with E-state index in [1.54, 1.807) is 31.2 Å². The predicted molar refractivity (Wildman–Crippen MR) is 120 cm³/mol. The van der Waals surface area contributed by atoms with Crippen molar-refractivity contribution < 1.29 is 19.1 Å². The van der Waals surface area contributed by atoms with Crippen molar-refractivity contribution in [3.63, 3.8) is 0 Å². The Morgan fingerprint density at radius 1 is 0.933 bits per heavy atom. The summed E-state index contributed by atoms with van der Waals surface area (Å²) in [6.45, 7) is 6.37. The van der Waals surface area contributed by atoms with Crippen LogP contribution in [0.2, 0.25) is 0 Å². The first-order chi connectivity index (χ1) is 14.0. The van der Waals surface area contributed by atoms with Gasteiger partial charge in [-0.1, -0.05) is 6.92 Å². The molecule has 0 atom stereocenters. The quantitative estimate of drug-likeness (QED) is 0.504. The van der Waals surface area contributed by atoms with Gasteiger partial charge in [-0.25, -0.2) is 9.59 Å². The average molecular weight is 429 g/mol. The fraction of sp³-hybridized carbons (Fsp3) is 0.261. The lowest BCUT2D eigenvalue weighted by Gasteiger charge is -2.12. The zero-order chi connectivity index (χ0) is 20.8. The second-order valence-electron chi connectivity index (χ2n) is 6.60. The standard InChI is InChI=1S/C23H24N2O4.ClH/c1-4-12-29-22(26)16-6-9-18(10-7-16)25-21-13-15(3)24-20-11-8-17(14-19(20)21)23(27)28-5-2;/h6-11,13-14H,4-5,12H2,1-3H3,(H,24,25);1H. The van der Waals surface area contributed by atoms with Crippen LogP contribution >= 0.6 is 12.4 Å². The van der Waals surface area contributed by atoms with E-state index in [-0.39, 0.29) is 24.3 Å². The third-order valence-electron chi connectivity index (χ3n) is 4.28. The average Bonchev–Trinajstić information content (AvgIpc) is 2.72. The number of benzene rings is 2. The largest absolute Gasteiger partial charge is 0.462 e. The predicted octanol–water partition coefficient (Wildman–Crippen LogP) is 5.45. The minimum Gasteiger partial charge on any atom is -0.462 e. The van der Waals surface area contributed by atoms with E-state index >= 15 is 0 Å². The molecule has 30 heavy (non-hydrogen) atoms. The van der Waals surface area contributed by atoms with Gasteiger partial charge in [0.25, 0.3) is 0 Å². The van der Waals surface area contributed by atoms with Crippen LogP contribution < -0.4 is 5.32 Å². The fourth-order valence-electron chi connectivity index (χ4n) is 2.93. The van der Waals surface area contributed by atoms with Gasteiger partial charge in [0.1, 0.15) is 0 Å². The van der Waals surface area contributed by atoms with Crippen LogP contribution in [0.5, 0.6) is 0 Å². The van der Waals surface area contributed by atoms with Crippen molar-refractivity contribution in [3.8, 4) is 0 Å². The van der Waals surface area contributed by atoms with Gasteiger partial charge in [0.15, 0.2) is 0 Å². The topological polar surface area (TPSA) is 77.5 Å². The van der Waals surface area contributed by atoms with Gasteiger partial charge in [-0.2, -0.15) is 0 Å². The molecule has 0 aliphatic heterocycles. The number of hydrogen-bond acceptors (Lipinski definition) is 6. The number of fused-ring (bicyclic) bond motifs is 1. The van der Waals surface area contributed by atoms with Gasteiger partial charge < -0.3 is 14.8 Å². The Morgan fingerprint density at radius 3 is 2.27 bits per heavy atom. The van der Waals surface area contributed by atoms with Gasteiger partial charge in [0.05, 0.1) is 29.9 Å². The van der Waals surface area contributed by atoms with E-state index in [9.17, 15) is 9.59 Å². The third kappa shape index (κ3) is 5.48. The smallest absolute Gasteiger partial charge is 0.338 e. The van der Waals surface area contributed by atoms with Gasteiger partial charge >= 0.3 is 11.9 Å². The first kappa shape index (κ1) is 23.2. The fourth-order valence-corrected chi connectivity index (χ4v) is 2.93. The molecule has 0 saturated heterocycles. The summed E-state index contributed by atoms with van der Waals surface area (Å²) >= 11 is 0. The van der Waals surface area contributed by atoms with Gasteiger partial charge in [0, 0.05) is 22.5 Å². The van der Waals surface area contributed by atoms with E-state index in [2.05, 4.69) is 10.3 Å². The number of halogens is 1. The number of hydrogen-bond donors (Lipinski definition) is 1. The minimum absolute atomic E-state index is 0. The Labute approximate surface area is 182 Å². The van der Waals surface area contributed by atoms with Crippen LogP contribution in [0, 0.1) is 6.92 Å². The molecule has 6 nitrogen and oxygen atoms in total. The number of carbonyl (C=O) groups excluding carboxylic acids is 2. The second-order valence-corrected chi connectivity index (χ2v) is 6.60. The molecule has 0 amide bonds. The van der Waals surface area contributed by atoms with Crippen molar-refractivity contribution >= 4 is 46.6 Å². The van der Waals surface area contributed by atoms with Gasteiger partial charge in [0.2, 0.25) is 0 Å². The molecule has 158 valence electrons. The lowest BCUT2D eigenvalue weighted by atomic mass is 10.1. The summed E-state index contributed by atoms with van der Waals surface area (Å²) < 4.78 is 10.3. The molecule has 1 N–H and O–H groups in total. The molecule has 0 fully saturated rings. The number of aromatic nitrogens is 1. The molecule has 3 rings (SSSR count). The van der Waals surface area contributed by atoms with Crippen molar-refractivity contribution in [2.45, 2.75) is 27.2 Å². The summed E-state index contributed by atoms with van der Waals surface area (Å²) in [4.78, 5) is 28.6. The Balaban J connectivity index is 0.00000320. The summed E-state index contributed by atoms with van der Waals surface area (Å²) in [5.74, 6) is -0.696. The lowest BCUT2D eigenvalue weighted by Crippen LogP contribution is -2.06. The van der Waals surface area contributed by atoms with E-state index in [1.807, 2.05) is 38.1 Å². The number of esters is 2. The van der Waals surface area contributed by atoms with Crippen molar-refractivity contribution in [2.24, 2.45) is 0 Å². The molecule has 1 heterocycles. The molecular weight excluding hydrogens is 404 g/mol. The van der Waals surface area contributed by atoms with E-state index in [1.165, 1.54) is 0 Å². The molecular formula is C23H25ClN2O4. The first-order valence-electron chi connectivity index (χ1n) is 9.64. The SMILES string of the molecule is CCCOC(=O)c1ccc(Nc2cc(C)nc3ccc(C(=O)OCC)cc23)cc1.Cl. The number of aryl methyl sites for hydroxylation is 1. The maximum atomic E-state index is 12.1. The van der Waals surface area contributed by atoms with E-state index in [4.69, 9.17) is 9.47 Å². The van der Waals surface area contributed by atoms with E-state index < -0.39 is 0 Å². The highest BCUT2D eigenvalue weighted by atomic mass is 35.5.